The van der Waals surface area contributed by atoms with Gasteiger partial charge in [0.05, 0.1) is 31.7 Å². The van der Waals surface area contributed by atoms with Crippen molar-refractivity contribution >= 4 is 11.9 Å². The Labute approximate surface area is 150 Å². The van der Waals surface area contributed by atoms with Gasteiger partial charge in [0, 0.05) is 0 Å². The van der Waals surface area contributed by atoms with Crippen LogP contribution in [0.25, 0.3) is 0 Å². The highest BCUT2D eigenvalue weighted by Crippen LogP contribution is 2.29. The monoisotopic (exact) mass is 361 g/mol. The Morgan fingerprint density at radius 1 is 1.15 bits per heavy atom. The first kappa shape index (κ1) is 19.2. The van der Waals surface area contributed by atoms with Crippen LogP contribution in [-0.2, 0) is 10.3 Å². The molecule has 6 nitrogen and oxygen atoms in total. The molecule has 0 radical (unpaired) electrons. The van der Waals surface area contributed by atoms with E-state index >= 15 is 0 Å². The molecular formula is C19H20FNO5. The zero-order valence-electron chi connectivity index (χ0n) is 14.7. The van der Waals surface area contributed by atoms with Gasteiger partial charge in [0.1, 0.15) is 5.75 Å². The minimum Gasteiger partial charge on any atom is -0.497 e. The smallest absolute Gasteiger partial charge is 0.306 e. The van der Waals surface area contributed by atoms with Crippen molar-refractivity contribution in [3.63, 3.8) is 0 Å². The second-order valence-electron chi connectivity index (χ2n) is 5.91. The highest BCUT2D eigenvalue weighted by atomic mass is 19.1. The minimum absolute atomic E-state index is 0.0704. The quantitative estimate of drug-likeness (QED) is 0.792. The minimum atomic E-state index is -1.27. The molecule has 0 saturated carbocycles. The van der Waals surface area contributed by atoms with Crippen LogP contribution in [0, 0.1) is 5.82 Å². The summed E-state index contributed by atoms with van der Waals surface area (Å²) in [4.78, 5) is 24.0. The number of halogens is 1. The fourth-order valence-electron chi connectivity index (χ4n) is 2.65. The van der Waals surface area contributed by atoms with E-state index in [-0.39, 0.29) is 11.3 Å². The SMILES string of the molecule is COc1cccc(C(C)(CC(=O)O)NC(=O)c2cccc(OC)c2F)c1. The number of methoxy groups -OCH3 is 2. The summed E-state index contributed by atoms with van der Waals surface area (Å²) in [6.45, 7) is 1.56. The first-order chi connectivity index (χ1) is 12.3. The third-order valence-corrected chi connectivity index (χ3v) is 4.03. The fourth-order valence-corrected chi connectivity index (χ4v) is 2.65. The van der Waals surface area contributed by atoms with Crippen LogP contribution >= 0.6 is 0 Å². The van der Waals surface area contributed by atoms with Crippen molar-refractivity contribution in [1.82, 2.24) is 5.32 Å². The number of hydrogen-bond acceptors (Lipinski definition) is 4. The second kappa shape index (κ2) is 7.86. The zero-order chi connectivity index (χ0) is 19.3. The average Bonchev–Trinajstić information content (AvgIpc) is 2.61. The lowest BCUT2D eigenvalue weighted by molar-refractivity contribution is -0.138. The Hall–Kier alpha value is -3.09. The molecule has 0 bridgehead atoms. The standard InChI is InChI=1S/C19H20FNO5/c1-19(11-16(22)23,12-6-4-7-13(10-12)25-2)21-18(24)14-8-5-9-15(26-3)17(14)20/h4-10H,11H2,1-3H3,(H,21,24)(H,22,23). The average molecular weight is 361 g/mol. The van der Waals surface area contributed by atoms with E-state index in [4.69, 9.17) is 9.47 Å². The zero-order valence-corrected chi connectivity index (χ0v) is 14.7. The molecule has 2 aromatic rings. The van der Waals surface area contributed by atoms with E-state index in [9.17, 15) is 19.1 Å². The van der Waals surface area contributed by atoms with Gasteiger partial charge in [0.2, 0.25) is 0 Å². The van der Waals surface area contributed by atoms with Crippen molar-refractivity contribution < 1.29 is 28.6 Å². The predicted octanol–water partition coefficient (Wildman–Crippen LogP) is 2.96. The summed E-state index contributed by atoms with van der Waals surface area (Å²) in [7, 11) is 2.78. The molecule has 0 spiro atoms. The molecule has 0 heterocycles. The van der Waals surface area contributed by atoms with E-state index in [2.05, 4.69) is 5.32 Å². The van der Waals surface area contributed by atoms with E-state index in [0.29, 0.717) is 11.3 Å². The highest BCUT2D eigenvalue weighted by Gasteiger charge is 2.33. The van der Waals surface area contributed by atoms with E-state index in [1.54, 1.807) is 31.2 Å². The molecule has 7 heteroatoms. The molecule has 2 N–H and O–H groups in total. The molecule has 2 aromatic carbocycles. The predicted molar refractivity (Wildman–Crippen MR) is 93.0 cm³/mol. The summed E-state index contributed by atoms with van der Waals surface area (Å²) in [6.07, 6.45) is -0.391. The normalized spacial score (nSPS) is 12.8. The molecule has 0 aromatic heterocycles. The molecule has 0 aliphatic heterocycles. The molecule has 0 saturated heterocycles. The third kappa shape index (κ3) is 4.11. The molecule has 0 aliphatic carbocycles. The van der Waals surface area contributed by atoms with Gasteiger partial charge in [-0.3, -0.25) is 9.59 Å². The van der Waals surface area contributed by atoms with Gasteiger partial charge in [-0.05, 0) is 36.8 Å². The number of carbonyl (C=O) groups is 2. The van der Waals surface area contributed by atoms with Crippen LogP contribution in [0.5, 0.6) is 11.5 Å². The van der Waals surface area contributed by atoms with Crippen molar-refractivity contribution in [2.24, 2.45) is 0 Å². The summed E-state index contributed by atoms with van der Waals surface area (Å²) < 4.78 is 24.4. The van der Waals surface area contributed by atoms with Gasteiger partial charge >= 0.3 is 5.97 Å². The topological polar surface area (TPSA) is 84.9 Å². The van der Waals surface area contributed by atoms with Gasteiger partial charge < -0.3 is 19.9 Å². The van der Waals surface area contributed by atoms with Gasteiger partial charge in [0.15, 0.2) is 11.6 Å². The largest absolute Gasteiger partial charge is 0.497 e. The summed E-state index contributed by atoms with van der Waals surface area (Å²) in [5.41, 5.74) is -0.979. The van der Waals surface area contributed by atoms with Crippen LogP contribution in [0.4, 0.5) is 4.39 Å². The van der Waals surface area contributed by atoms with E-state index in [0.717, 1.165) is 0 Å². The summed E-state index contributed by atoms with van der Waals surface area (Å²) in [5.74, 6) is -2.22. The first-order valence-electron chi connectivity index (χ1n) is 7.82. The Kier molecular flexibility index (Phi) is 5.82. The van der Waals surface area contributed by atoms with Gasteiger partial charge in [-0.25, -0.2) is 4.39 Å². The molecule has 1 unspecified atom stereocenters. The van der Waals surface area contributed by atoms with Gasteiger partial charge in [0.25, 0.3) is 5.91 Å². The molecule has 26 heavy (non-hydrogen) atoms. The number of rotatable bonds is 7. The molecule has 0 fully saturated rings. The summed E-state index contributed by atoms with van der Waals surface area (Å²) >= 11 is 0. The van der Waals surface area contributed by atoms with Crippen LogP contribution in [0.1, 0.15) is 29.3 Å². The van der Waals surface area contributed by atoms with Crippen molar-refractivity contribution in [3.8, 4) is 11.5 Å². The van der Waals surface area contributed by atoms with Crippen molar-refractivity contribution in [1.29, 1.82) is 0 Å². The van der Waals surface area contributed by atoms with Gasteiger partial charge in [-0.1, -0.05) is 18.2 Å². The van der Waals surface area contributed by atoms with Crippen LogP contribution in [0.15, 0.2) is 42.5 Å². The van der Waals surface area contributed by atoms with E-state index < -0.39 is 29.7 Å². The third-order valence-electron chi connectivity index (χ3n) is 4.03. The number of carbonyl (C=O) groups excluding carboxylic acids is 1. The summed E-state index contributed by atoms with van der Waals surface area (Å²) in [5, 5.41) is 11.9. The lowest BCUT2D eigenvalue weighted by atomic mass is 9.88. The second-order valence-corrected chi connectivity index (χ2v) is 5.91. The number of carboxylic acids is 1. The lowest BCUT2D eigenvalue weighted by Gasteiger charge is -2.30. The summed E-state index contributed by atoms with van der Waals surface area (Å²) in [6, 6.07) is 10.9. The number of benzene rings is 2. The Morgan fingerprint density at radius 3 is 2.46 bits per heavy atom. The molecule has 1 atom stereocenters. The number of hydrogen-bond donors (Lipinski definition) is 2. The maximum atomic E-state index is 14.4. The number of nitrogens with one attached hydrogen (secondary N) is 1. The highest BCUT2D eigenvalue weighted by molar-refractivity contribution is 5.95. The number of aliphatic carboxylic acids is 1. The number of carboxylic acid groups (broad SMARTS) is 1. The molecule has 138 valence electrons. The fraction of sp³-hybridized carbons (Fsp3) is 0.263. The Balaban J connectivity index is 2.41. The Morgan fingerprint density at radius 2 is 1.85 bits per heavy atom. The van der Waals surface area contributed by atoms with Crippen LogP contribution in [-0.4, -0.2) is 31.2 Å². The van der Waals surface area contributed by atoms with Crippen LogP contribution in [0.2, 0.25) is 0 Å². The first-order valence-corrected chi connectivity index (χ1v) is 7.82. The van der Waals surface area contributed by atoms with Crippen LogP contribution in [0.3, 0.4) is 0 Å². The van der Waals surface area contributed by atoms with Gasteiger partial charge in [-0.15, -0.1) is 0 Å². The van der Waals surface area contributed by atoms with Crippen molar-refractivity contribution in [2.75, 3.05) is 14.2 Å². The Bertz CT molecular complexity index is 823. The van der Waals surface area contributed by atoms with E-state index in [1.165, 1.54) is 32.4 Å². The molecule has 0 aliphatic rings. The van der Waals surface area contributed by atoms with Gasteiger partial charge in [-0.2, -0.15) is 0 Å². The number of ether oxygens (including phenoxy) is 2. The number of amides is 1. The maximum Gasteiger partial charge on any atom is 0.306 e. The lowest BCUT2D eigenvalue weighted by Crippen LogP contribution is -2.45. The molecule has 1 amide bonds. The van der Waals surface area contributed by atoms with Crippen molar-refractivity contribution in [3.05, 3.63) is 59.4 Å². The maximum absolute atomic E-state index is 14.4. The van der Waals surface area contributed by atoms with E-state index in [1.807, 2.05) is 0 Å². The van der Waals surface area contributed by atoms with Crippen molar-refractivity contribution in [2.45, 2.75) is 18.9 Å². The molecule has 2 rings (SSSR count). The van der Waals surface area contributed by atoms with Crippen LogP contribution < -0.4 is 14.8 Å². The molecular weight excluding hydrogens is 341 g/mol.